The fourth-order valence-corrected chi connectivity index (χ4v) is 4.48. The molecule has 0 saturated heterocycles. The van der Waals surface area contributed by atoms with Crippen LogP contribution in [0.1, 0.15) is 50.1 Å². The monoisotopic (exact) mass is 263 g/mol. The molecule has 18 heavy (non-hydrogen) atoms. The summed E-state index contributed by atoms with van der Waals surface area (Å²) in [5, 5.41) is 13.5. The average Bonchev–Trinajstić information content (AvgIpc) is 2.51. The second-order valence-corrected chi connectivity index (χ2v) is 7.72. The van der Waals surface area contributed by atoms with Gasteiger partial charge in [-0.1, -0.05) is 27.7 Å². The normalized spacial score (nSPS) is 21.5. The average molecular weight is 263 g/mol. The number of nitrogens with zero attached hydrogens (tertiary/aromatic N) is 1. The molecule has 0 aliphatic carbocycles. The van der Waals surface area contributed by atoms with Crippen LogP contribution in [0.4, 0.5) is 5.00 Å². The van der Waals surface area contributed by atoms with Gasteiger partial charge in [-0.05, 0) is 22.8 Å². The molecule has 0 amide bonds. The highest BCUT2D eigenvalue weighted by atomic mass is 32.1. The van der Waals surface area contributed by atoms with Gasteiger partial charge in [0.25, 0.3) is 0 Å². The van der Waals surface area contributed by atoms with Crippen molar-refractivity contribution in [3.63, 3.8) is 0 Å². The number of fused-ring (bicyclic) bond motifs is 1. The number of hydrogen-bond acceptors (Lipinski definition) is 4. The number of hydrogen-bond donors (Lipinski definition) is 2. The van der Waals surface area contributed by atoms with Crippen LogP contribution in [0.2, 0.25) is 0 Å². The van der Waals surface area contributed by atoms with Crippen LogP contribution < -0.4 is 11.1 Å². The van der Waals surface area contributed by atoms with Gasteiger partial charge in [0.1, 0.15) is 11.1 Å². The Morgan fingerprint density at radius 2 is 2.00 bits per heavy atom. The predicted molar refractivity (Wildman–Crippen MR) is 76.6 cm³/mol. The van der Waals surface area contributed by atoms with Gasteiger partial charge in [-0.25, -0.2) is 0 Å². The lowest BCUT2D eigenvalue weighted by Gasteiger charge is -2.38. The molecule has 4 heteroatoms. The van der Waals surface area contributed by atoms with Gasteiger partial charge in [0.2, 0.25) is 0 Å². The SMILES string of the molecule is CC1(C)CNCc2sc(N)c(C#N)c2C(C)(C)C1. The third kappa shape index (κ3) is 2.25. The molecule has 3 N–H and O–H groups in total. The number of nitrogen functional groups attached to an aromatic ring is 1. The van der Waals surface area contributed by atoms with Crippen molar-refractivity contribution in [1.29, 1.82) is 5.26 Å². The summed E-state index contributed by atoms with van der Waals surface area (Å²) >= 11 is 1.56. The Morgan fingerprint density at radius 3 is 2.61 bits per heavy atom. The van der Waals surface area contributed by atoms with Crippen LogP contribution in [0.25, 0.3) is 0 Å². The van der Waals surface area contributed by atoms with Crippen LogP contribution in [0, 0.1) is 16.7 Å². The number of rotatable bonds is 0. The quantitative estimate of drug-likeness (QED) is 0.756. The molecular weight excluding hydrogens is 242 g/mol. The van der Waals surface area contributed by atoms with Crippen molar-refractivity contribution >= 4 is 16.3 Å². The molecule has 98 valence electrons. The van der Waals surface area contributed by atoms with Gasteiger partial charge in [-0.15, -0.1) is 11.3 Å². The summed E-state index contributed by atoms with van der Waals surface area (Å²) in [7, 11) is 0. The maximum Gasteiger partial charge on any atom is 0.104 e. The minimum absolute atomic E-state index is 0.000116. The molecule has 0 fully saturated rings. The van der Waals surface area contributed by atoms with E-state index >= 15 is 0 Å². The number of anilines is 1. The molecule has 2 rings (SSSR count). The van der Waals surface area contributed by atoms with Crippen molar-refractivity contribution in [3.05, 3.63) is 16.0 Å². The van der Waals surface area contributed by atoms with E-state index < -0.39 is 0 Å². The van der Waals surface area contributed by atoms with Crippen LogP contribution in [-0.4, -0.2) is 6.54 Å². The lowest BCUT2D eigenvalue weighted by Crippen LogP contribution is -2.38. The lowest BCUT2D eigenvalue weighted by atomic mass is 9.69. The molecule has 1 aromatic rings. The fourth-order valence-electron chi connectivity index (χ4n) is 3.31. The Kier molecular flexibility index (Phi) is 3.16. The van der Waals surface area contributed by atoms with Gasteiger partial charge in [0.15, 0.2) is 0 Å². The highest BCUT2D eigenvalue weighted by molar-refractivity contribution is 7.16. The summed E-state index contributed by atoms with van der Waals surface area (Å²) in [5.74, 6) is 0. The molecule has 1 aromatic heterocycles. The molecule has 0 unspecified atom stereocenters. The predicted octanol–water partition coefficient (Wildman–Crippen LogP) is 3.00. The summed E-state index contributed by atoms with van der Waals surface area (Å²) in [6.45, 7) is 10.8. The Morgan fingerprint density at radius 1 is 1.33 bits per heavy atom. The van der Waals surface area contributed by atoms with E-state index in [9.17, 15) is 5.26 Å². The molecule has 0 saturated carbocycles. The zero-order chi connectivity index (χ0) is 13.6. The van der Waals surface area contributed by atoms with E-state index in [4.69, 9.17) is 5.73 Å². The maximum absolute atomic E-state index is 9.34. The highest BCUT2D eigenvalue weighted by Crippen LogP contribution is 2.45. The van der Waals surface area contributed by atoms with E-state index in [1.54, 1.807) is 11.3 Å². The van der Waals surface area contributed by atoms with Gasteiger partial charge in [0, 0.05) is 18.0 Å². The molecule has 0 bridgehead atoms. The molecule has 3 nitrogen and oxygen atoms in total. The van der Waals surface area contributed by atoms with Crippen LogP contribution in [0.5, 0.6) is 0 Å². The summed E-state index contributed by atoms with van der Waals surface area (Å²) in [6, 6.07) is 2.29. The first kappa shape index (κ1) is 13.4. The van der Waals surface area contributed by atoms with Crippen molar-refractivity contribution in [2.75, 3.05) is 12.3 Å². The van der Waals surface area contributed by atoms with Crippen molar-refractivity contribution in [3.8, 4) is 6.07 Å². The topological polar surface area (TPSA) is 61.8 Å². The smallest absolute Gasteiger partial charge is 0.104 e. The zero-order valence-electron chi connectivity index (χ0n) is 11.6. The van der Waals surface area contributed by atoms with E-state index in [1.807, 2.05) is 0 Å². The Labute approximate surface area is 113 Å². The van der Waals surface area contributed by atoms with Crippen molar-refractivity contribution in [1.82, 2.24) is 5.32 Å². The molecule has 0 radical (unpaired) electrons. The number of nitrogens with two attached hydrogens (primary N) is 1. The maximum atomic E-state index is 9.34. The zero-order valence-corrected chi connectivity index (χ0v) is 12.4. The second-order valence-electron chi connectivity index (χ2n) is 6.58. The van der Waals surface area contributed by atoms with Gasteiger partial charge >= 0.3 is 0 Å². The number of thiophene rings is 1. The van der Waals surface area contributed by atoms with Crippen molar-refractivity contribution in [2.24, 2.45) is 5.41 Å². The van der Waals surface area contributed by atoms with Crippen LogP contribution >= 0.6 is 11.3 Å². The minimum Gasteiger partial charge on any atom is -0.389 e. The Bertz CT molecular complexity index is 506. The molecule has 0 aromatic carbocycles. The molecule has 2 heterocycles. The standard InChI is InChI=1S/C14H21N3S/c1-13(2)7-14(3,4)11-9(5-15)12(16)18-10(11)6-17-8-13/h17H,6-8,16H2,1-4H3. The Balaban J connectivity index is 2.58. The van der Waals surface area contributed by atoms with Crippen molar-refractivity contribution in [2.45, 2.75) is 46.1 Å². The van der Waals surface area contributed by atoms with Crippen LogP contribution in [-0.2, 0) is 12.0 Å². The van der Waals surface area contributed by atoms with Crippen molar-refractivity contribution < 1.29 is 0 Å². The molecule has 1 aliphatic rings. The summed E-state index contributed by atoms with van der Waals surface area (Å²) in [6.07, 6.45) is 1.05. The fraction of sp³-hybridized carbons (Fsp3) is 0.643. The van der Waals surface area contributed by atoms with E-state index in [1.165, 1.54) is 4.88 Å². The Hall–Kier alpha value is -1.05. The first-order chi connectivity index (χ1) is 8.27. The molecule has 1 aliphatic heterocycles. The second kappa shape index (κ2) is 4.25. The molecule has 0 atom stereocenters. The highest BCUT2D eigenvalue weighted by Gasteiger charge is 2.37. The first-order valence-electron chi connectivity index (χ1n) is 6.29. The lowest BCUT2D eigenvalue weighted by molar-refractivity contribution is 0.237. The van der Waals surface area contributed by atoms with Crippen LogP contribution in [0.3, 0.4) is 0 Å². The van der Waals surface area contributed by atoms with Gasteiger partial charge in [0.05, 0.1) is 5.56 Å². The minimum atomic E-state index is 0.000116. The molecule has 0 spiro atoms. The van der Waals surface area contributed by atoms with Crippen LogP contribution in [0.15, 0.2) is 0 Å². The number of nitrogens with one attached hydrogen (secondary N) is 1. The van der Waals surface area contributed by atoms with Gasteiger partial charge in [-0.3, -0.25) is 0 Å². The van der Waals surface area contributed by atoms with Gasteiger partial charge in [-0.2, -0.15) is 5.26 Å². The first-order valence-corrected chi connectivity index (χ1v) is 7.11. The summed E-state index contributed by atoms with van der Waals surface area (Å²) in [4.78, 5) is 1.23. The van der Waals surface area contributed by atoms with E-state index in [0.717, 1.165) is 25.1 Å². The van der Waals surface area contributed by atoms with E-state index in [-0.39, 0.29) is 10.8 Å². The third-order valence-corrected chi connectivity index (χ3v) is 4.63. The van der Waals surface area contributed by atoms with E-state index in [2.05, 4.69) is 39.1 Å². The molecular formula is C14H21N3S. The summed E-state index contributed by atoms with van der Waals surface area (Å²) in [5.41, 5.74) is 8.07. The largest absolute Gasteiger partial charge is 0.389 e. The van der Waals surface area contributed by atoms with E-state index in [0.29, 0.717) is 10.6 Å². The van der Waals surface area contributed by atoms with Gasteiger partial charge < -0.3 is 11.1 Å². The third-order valence-electron chi connectivity index (χ3n) is 3.61. The number of nitriles is 1. The summed E-state index contributed by atoms with van der Waals surface area (Å²) < 4.78 is 0.